The highest BCUT2D eigenvalue weighted by Gasteiger charge is 2.39. The molecule has 1 aromatic heterocycles. The van der Waals surface area contributed by atoms with Crippen LogP contribution in [0.3, 0.4) is 0 Å². The summed E-state index contributed by atoms with van der Waals surface area (Å²) in [6.45, 7) is 7.71. The molecule has 2 amide bonds. The Bertz CT molecular complexity index is 1130. The summed E-state index contributed by atoms with van der Waals surface area (Å²) in [5.74, 6) is 0.113. The van der Waals surface area contributed by atoms with Gasteiger partial charge in [-0.3, -0.25) is 14.5 Å². The molecule has 2 atom stereocenters. The minimum Gasteiger partial charge on any atom is -0.464 e. The Morgan fingerprint density at radius 3 is 2.34 bits per heavy atom. The monoisotopic (exact) mass is 477 g/mol. The van der Waals surface area contributed by atoms with E-state index in [4.69, 9.17) is 4.42 Å². The SMILES string of the molecule is CC(C)C(=O)N1C(C)CN(Cc2ccc(F)cc2)CC1C(=O)NCc1ccc(-c2ccco2)cc1. The highest BCUT2D eigenvalue weighted by Crippen LogP contribution is 2.22. The number of furan rings is 1. The van der Waals surface area contributed by atoms with Crippen LogP contribution in [0.1, 0.15) is 31.9 Å². The summed E-state index contributed by atoms with van der Waals surface area (Å²) in [6.07, 6.45) is 1.64. The number of carbonyl (C=O) groups excluding carboxylic acids is 2. The van der Waals surface area contributed by atoms with Gasteiger partial charge in [-0.05, 0) is 42.3 Å². The molecule has 2 unspecified atom stereocenters. The number of nitrogens with zero attached hydrogens (tertiary/aromatic N) is 2. The van der Waals surface area contributed by atoms with E-state index in [-0.39, 0.29) is 29.6 Å². The molecule has 0 bridgehead atoms. The van der Waals surface area contributed by atoms with Crippen LogP contribution in [0.5, 0.6) is 0 Å². The molecule has 0 spiro atoms. The van der Waals surface area contributed by atoms with Crippen LogP contribution in [-0.4, -0.2) is 46.8 Å². The fourth-order valence-electron chi connectivity index (χ4n) is 4.57. The van der Waals surface area contributed by atoms with E-state index < -0.39 is 6.04 Å². The molecule has 184 valence electrons. The molecule has 0 saturated carbocycles. The summed E-state index contributed by atoms with van der Waals surface area (Å²) in [5, 5.41) is 3.03. The Morgan fingerprint density at radius 1 is 1.03 bits per heavy atom. The summed E-state index contributed by atoms with van der Waals surface area (Å²) in [4.78, 5) is 30.3. The second kappa shape index (κ2) is 10.9. The Balaban J connectivity index is 1.45. The lowest BCUT2D eigenvalue weighted by Crippen LogP contribution is -2.64. The van der Waals surface area contributed by atoms with Crippen molar-refractivity contribution in [1.29, 1.82) is 0 Å². The summed E-state index contributed by atoms with van der Waals surface area (Å²) in [7, 11) is 0. The second-order valence-corrected chi connectivity index (χ2v) is 9.48. The van der Waals surface area contributed by atoms with Crippen molar-refractivity contribution >= 4 is 11.8 Å². The first-order valence-corrected chi connectivity index (χ1v) is 12.0. The highest BCUT2D eigenvalue weighted by molar-refractivity contribution is 5.89. The Morgan fingerprint density at radius 2 is 1.71 bits per heavy atom. The molecule has 0 radical (unpaired) electrons. The number of hydrogen-bond donors (Lipinski definition) is 1. The van der Waals surface area contributed by atoms with Crippen molar-refractivity contribution in [3.8, 4) is 11.3 Å². The molecule has 1 aliphatic heterocycles. The molecule has 1 N–H and O–H groups in total. The van der Waals surface area contributed by atoms with Gasteiger partial charge in [0.15, 0.2) is 0 Å². The van der Waals surface area contributed by atoms with Crippen LogP contribution in [-0.2, 0) is 22.7 Å². The van der Waals surface area contributed by atoms with E-state index in [1.165, 1.54) is 12.1 Å². The molecule has 4 rings (SSSR count). The fourth-order valence-corrected chi connectivity index (χ4v) is 4.57. The van der Waals surface area contributed by atoms with Gasteiger partial charge in [0.1, 0.15) is 17.6 Å². The lowest BCUT2D eigenvalue weighted by molar-refractivity contribution is -0.150. The van der Waals surface area contributed by atoms with Gasteiger partial charge >= 0.3 is 0 Å². The predicted molar refractivity (Wildman–Crippen MR) is 133 cm³/mol. The summed E-state index contributed by atoms with van der Waals surface area (Å²) in [5.41, 5.74) is 2.90. The van der Waals surface area contributed by atoms with Gasteiger partial charge in [-0.2, -0.15) is 0 Å². The first kappa shape index (κ1) is 24.7. The molecule has 35 heavy (non-hydrogen) atoms. The first-order chi connectivity index (χ1) is 16.8. The van der Waals surface area contributed by atoms with E-state index in [0.717, 1.165) is 22.5 Å². The van der Waals surface area contributed by atoms with Crippen LogP contribution in [0.2, 0.25) is 0 Å². The fraction of sp³-hybridized carbons (Fsp3) is 0.357. The molecule has 1 fully saturated rings. The molecule has 0 aliphatic carbocycles. The average molecular weight is 478 g/mol. The summed E-state index contributed by atoms with van der Waals surface area (Å²) in [6, 6.07) is 17.3. The maximum absolute atomic E-state index is 13.4. The molecule has 7 heteroatoms. The maximum atomic E-state index is 13.4. The Kier molecular flexibility index (Phi) is 7.66. The van der Waals surface area contributed by atoms with Gasteiger partial charge in [0, 0.05) is 43.7 Å². The molecular formula is C28H32FN3O3. The van der Waals surface area contributed by atoms with Crippen molar-refractivity contribution in [2.24, 2.45) is 5.92 Å². The Labute approximate surface area is 205 Å². The van der Waals surface area contributed by atoms with E-state index in [0.29, 0.717) is 26.2 Å². The number of rotatable bonds is 7. The number of piperazine rings is 1. The average Bonchev–Trinajstić information content (AvgIpc) is 3.38. The van der Waals surface area contributed by atoms with Gasteiger partial charge in [-0.1, -0.05) is 50.2 Å². The van der Waals surface area contributed by atoms with E-state index in [9.17, 15) is 14.0 Å². The van der Waals surface area contributed by atoms with E-state index in [1.54, 1.807) is 23.3 Å². The normalized spacial score (nSPS) is 18.6. The van der Waals surface area contributed by atoms with Gasteiger partial charge in [0.2, 0.25) is 11.8 Å². The Hall–Kier alpha value is -3.45. The third-order valence-corrected chi connectivity index (χ3v) is 6.36. The summed E-state index contributed by atoms with van der Waals surface area (Å²) >= 11 is 0. The van der Waals surface area contributed by atoms with E-state index >= 15 is 0 Å². The quantitative estimate of drug-likeness (QED) is 0.546. The zero-order chi connectivity index (χ0) is 24.9. The van der Waals surface area contributed by atoms with E-state index in [2.05, 4.69) is 10.2 Å². The van der Waals surface area contributed by atoms with Crippen molar-refractivity contribution in [2.75, 3.05) is 13.1 Å². The molecular weight excluding hydrogens is 445 g/mol. The van der Waals surface area contributed by atoms with Crippen LogP contribution >= 0.6 is 0 Å². The minimum absolute atomic E-state index is 0.0260. The molecule has 2 aromatic carbocycles. The number of hydrogen-bond acceptors (Lipinski definition) is 4. The van der Waals surface area contributed by atoms with Crippen molar-refractivity contribution in [3.63, 3.8) is 0 Å². The standard InChI is InChI=1S/C28H32FN3O3/c1-19(2)28(34)32-20(3)16-31(17-22-8-12-24(29)13-9-22)18-25(32)27(33)30-15-21-6-10-23(11-7-21)26-5-4-14-35-26/h4-14,19-20,25H,15-18H2,1-3H3,(H,30,33). The number of nitrogens with one attached hydrogen (secondary N) is 1. The van der Waals surface area contributed by atoms with Gasteiger partial charge in [-0.25, -0.2) is 4.39 Å². The minimum atomic E-state index is -0.600. The smallest absolute Gasteiger partial charge is 0.244 e. The van der Waals surface area contributed by atoms with Crippen molar-refractivity contribution in [1.82, 2.24) is 15.1 Å². The van der Waals surface area contributed by atoms with Crippen LogP contribution < -0.4 is 5.32 Å². The number of benzene rings is 2. The number of amides is 2. The second-order valence-electron chi connectivity index (χ2n) is 9.48. The van der Waals surface area contributed by atoms with E-state index in [1.807, 2.05) is 57.2 Å². The summed E-state index contributed by atoms with van der Waals surface area (Å²) < 4.78 is 18.7. The molecule has 1 aliphatic rings. The third-order valence-electron chi connectivity index (χ3n) is 6.36. The van der Waals surface area contributed by atoms with Gasteiger partial charge in [-0.15, -0.1) is 0 Å². The third kappa shape index (κ3) is 5.98. The number of carbonyl (C=O) groups is 2. The van der Waals surface area contributed by atoms with Gasteiger partial charge in [0.25, 0.3) is 0 Å². The van der Waals surface area contributed by atoms with Crippen LogP contribution in [0.4, 0.5) is 4.39 Å². The van der Waals surface area contributed by atoms with Crippen molar-refractivity contribution in [2.45, 2.75) is 45.9 Å². The largest absolute Gasteiger partial charge is 0.464 e. The zero-order valence-corrected chi connectivity index (χ0v) is 20.4. The molecule has 2 heterocycles. The lowest BCUT2D eigenvalue weighted by atomic mass is 10.0. The maximum Gasteiger partial charge on any atom is 0.244 e. The molecule has 1 saturated heterocycles. The zero-order valence-electron chi connectivity index (χ0n) is 20.4. The van der Waals surface area contributed by atoms with Crippen LogP contribution in [0.15, 0.2) is 71.3 Å². The number of halogens is 1. The molecule has 3 aromatic rings. The van der Waals surface area contributed by atoms with Crippen molar-refractivity contribution < 1.29 is 18.4 Å². The van der Waals surface area contributed by atoms with Crippen molar-refractivity contribution in [3.05, 3.63) is 83.9 Å². The van der Waals surface area contributed by atoms with Gasteiger partial charge in [0.05, 0.1) is 6.26 Å². The highest BCUT2D eigenvalue weighted by atomic mass is 19.1. The van der Waals surface area contributed by atoms with Crippen LogP contribution in [0.25, 0.3) is 11.3 Å². The van der Waals surface area contributed by atoms with Crippen LogP contribution in [0, 0.1) is 11.7 Å². The topological polar surface area (TPSA) is 65.8 Å². The predicted octanol–water partition coefficient (Wildman–Crippen LogP) is 4.46. The molecule has 6 nitrogen and oxygen atoms in total. The first-order valence-electron chi connectivity index (χ1n) is 12.0. The van der Waals surface area contributed by atoms with Gasteiger partial charge < -0.3 is 14.6 Å². The lowest BCUT2D eigenvalue weighted by Gasteiger charge is -2.45.